The molecule has 0 aromatic rings. The molecule has 2 nitrogen and oxygen atoms in total. The summed E-state index contributed by atoms with van der Waals surface area (Å²) < 4.78 is 0. The van der Waals surface area contributed by atoms with Gasteiger partial charge in [0.15, 0.2) is 0 Å². The third kappa shape index (κ3) is 10.3. The van der Waals surface area contributed by atoms with E-state index < -0.39 is 0 Å². The Bertz CT molecular complexity index is 183. The summed E-state index contributed by atoms with van der Waals surface area (Å²) in [6, 6.07) is 0. The third-order valence-corrected chi connectivity index (χ3v) is 2.84. The van der Waals surface area contributed by atoms with Crippen LogP contribution in [0.4, 0.5) is 0 Å². The van der Waals surface area contributed by atoms with E-state index in [0.29, 0.717) is 18.9 Å². The molecular formula is C13H26ClNO. The number of hydrogen-bond donors (Lipinski definition) is 1. The van der Waals surface area contributed by atoms with Crippen LogP contribution in [0.15, 0.2) is 0 Å². The maximum atomic E-state index is 11.4. The van der Waals surface area contributed by atoms with Crippen molar-refractivity contribution >= 4 is 17.5 Å². The molecule has 0 fully saturated rings. The van der Waals surface area contributed by atoms with Crippen LogP contribution in [0.2, 0.25) is 0 Å². The van der Waals surface area contributed by atoms with Crippen LogP contribution in [0.1, 0.15) is 59.3 Å². The van der Waals surface area contributed by atoms with Crippen LogP contribution in [0.3, 0.4) is 0 Å². The summed E-state index contributed by atoms with van der Waals surface area (Å²) in [5.74, 6) is 0.731. The molecule has 0 aliphatic carbocycles. The van der Waals surface area contributed by atoms with Crippen molar-refractivity contribution in [2.75, 3.05) is 6.54 Å². The molecule has 0 saturated heterocycles. The van der Waals surface area contributed by atoms with Crippen molar-refractivity contribution in [2.45, 2.75) is 64.7 Å². The van der Waals surface area contributed by atoms with Crippen LogP contribution in [-0.2, 0) is 4.79 Å². The Balaban J connectivity index is 3.42. The second kappa shape index (κ2) is 9.95. The summed E-state index contributed by atoms with van der Waals surface area (Å²) >= 11 is 6.09. The van der Waals surface area contributed by atoms with Gasteiger partial charge in [0.05, 0.1) is 5.38 Å². The Hall–Kier alpha value is -0.240. The molecule has 0 aliphatic heterocycles. The summed E-state index contributed by atoms with van der Waals surface area (Å²) in [6.07, 6.45) is 6.18. The topological polar surface area (TPSA) is 29.1 Å². The highest BCUT2D eigenvalue weighted by Gasteiger charge is 2.08. The van der Waals surface area contributed by atoms with Crippen LogP contribution >= 0.6 is 11.6 Å². The lowest BCUT2D eigenvalue weighted by molar-refractivity contribution is -0.121. The summed E-state index contributed by atoms with van der Waals surface area (Å²) in [6.45, 7) is 7.06. The summed E-state index contributed by atoms with van der Waals surface area (Å²) in [5, 5.41) is 2.96. The molecule has 0 bridgehead atoms. The van der Waals surface area contributed by atoms with Crippen LogP contribution in [-0.4, -0.2) is 17.8 Å². The summed E-state index contributed by atoms with van der Waals surface area (Å²) in [5.41, 5.74) is 0. The van der Waals surface area contributed by atoms with Gasteiger partial charge in [-0.2, -0.15) is 0 Å². The zero-order chi connectivity index (χ0) is 12.4. The number of nitrogens with one attached hydrogen (secondary N) is 1. The predicted molar refractivity (Wildman–Crippen MR) is 70.9 cm³/mol. The van der Waals surface area contributed by atoms with Crippen molar-refractivity contribution in [3.63, 3.8) is 0 Å². The maximum Gasteiger partial charge on any atom is 0.220 e. The highest BCUT2D eigenvalue weighted by Crippen LogP contribution is 2.09. The molecule has 1 N–H and O–H groups in total. The van der Waals surface area contributed by atoms with Crippen molar-refractivity contribution in [1.82, 2.24) is 5.32 Å². The lowest BCUT2D eigenvalue weighted by atomic mass is 10.1. The Morgan fingerprint density at radius 1 is 1.25 bits per heavy atom. The molecule has 0 rings (SSSR count). The lowest BCUT2D eigenvalue weighted by Crippen LogP contribution is -2.30. The number of rotatable bonds is 9. The Morgan fingerprint density at radius 2 is 1.94 bits per heavy atom. The fourth-order valence-electron chi connectivity index (χ4n) is 1.62. The minimum Gasteiger partial charge on any atom is -0.355 e. The number of unbranched alkanes of at least 4 members (excludes halogenated alkanes) is 3. The highest BCUT2D eigenvalue weighted by molar-refractivity contribution is 6.20. The Morgan fingerprint density at radius 3 is 2.50 bits per heavy atom. The Kier molecular flexibility index (Phi) is 9.80. The maximum absolute atomic E-state index is 11.4. The van der Waals surface area contributed by atoms with Crippen molar-refractivity contribution in [1.29, 1.82) is 0 Å². The van der Waals surface area contributed by atoms with Gasteiger partial charge in [0, 0.05) is 13.0 Å². The van der Waals surface area contributed by atoms with Gasteiger partial charge in [0.2, 0.25) is 5.91 Å². The molecule has 1 atom stereocenters. The Labute approximate surface area is 105 Å². The fourth-order valence-corrected chi connectivity index (χ4v) is 2.05. The van der Waals surface area contributed by atoms with E-state index in [1.54, 1.807) is 0 Å². The molecule has 0 spiro atoms. The van der Waals surface area contributed by atoms with Crippen LogP contribution in [0.25, 0.3) is 0 Å². The number of hydrogen-bond acceptors (Lipinski definition) is 1. The standard InChI is InChI=1S/C13H26ClNO/c1-4-5-6-7-8-13(16)15-10-12(14)9-11(2)3/h11-12H,4-10H2,1-3H3,(H,15,16). The van der Waals surface area contributed by atoms with E-state index in [1.807, 2.05) is 0 Å². The molecule has 96 valence electrons. The minimum absolute atomic E-state index is 0.0691. The van der Waals surface area contributed by atoms with E-state index in [-0.39, 0.29) is 11.3 Å². The van der Waals surface area contributed by atoms with Gasteiger partial charge in [-0.1, -0.05) is 40.0 Å². The molecule has 0 saturated carbocycles. The molecule has 0 radical (unpaired) electrons. The van der Waals surface area contributed by atoms with Crippen molar-refractivity contribution in [3.8, 4) is 0 Å². The quantitative estimate of drug-likeness (QED) is 0.488. The largest absolute Gasteiger partial charge is 0.355 e. The molecule has 16 heavy (non-hydrogen) atoms. The van der Waals surface area contributed by atoms with E-state index in [4.69, 9.17) is 11.6 Å². The molecule has 0 aromatic carbocycles. The first-order chi connectivity index (χ1) is 7.56. The number of alkyl halides is 1. The van der Waals surface area contributed by atoms with Gasteiger partial charge in [0.1, 0.15) is 0 Å². The van der Waals surface area contributed by atoms with E-state index in [9.17, 15) is 4.79 Å². The fraction of sp³-hybridized carbons (Fsp3) is 0.923. The lowest BCUT2D eigenvalue weighted by Gasteiger charge is -2.12. The van der Waals surface area contributed by atoms with E-state index in [2.05, 4.69) is 26.1 Å². The number of carbonyl (C=O) groups is 1. The number of amides is 1. The van der Waals surface area contributed by atoms with Crippen LogP contribution in [0.5, 0.6) is 0 Å². The highest BCUT2D eigenvalue weighted by atomic mass is 35.5. The van der Waals surface area contributed by atoms with Crippen molar-refractivity contribution in [3.05, 3.63) is 0 Å². The van der Waals surface area contributed by atoms with E-state index in [1.165, 1.54) is 12.8 Å². The second-order valence-corrected chi connectivity index (χ2v) is 5.46. The number of carbonyl (C=O) groups excluding carboxylic acids is 1. The smallest absolute Gasteiger partial charge is 0.220 e. The van der Waals surface area contributed by atoms with Gasteiger partial charge in [-0.25, -0.2) is 0 Å². The normalized spacial score (nSPS) is 12.8. The van der Waals surface area contributed by atoms with Crippen LogP contribution in [0, 0.1) is 5.92 Å². The minimum atomic E-state index is 0.0691. The average Bonchev–Trinajstić information content (AvgIpc) is 2.20. The number of halogens is 1. The van der Waals surface area contributed by atoms with E-state index >= 15 is 0 Å². The first-order valence-corrected chi connectivity index (χ1v) is 6.90. The monoisotopic (exact) mass is 247 g/mol. The third-order valence-electron chi connectivity index (χ3n) is 2.51. The first-order valence-electron chi connectivity index (χ1n) is 6.47. The molecule has 0 heterocycles. The zero-order valence-corrected chi connectivity index (χ0v) is 11.6. The summed E-state index contributed by atoms with van der Waals surface area (Å²) in [4.78, 5) is 11.4. The van der Waals surface area contributed by atoms with Gasteiger partial charge >= 0.3 is 0 Å². The average molecular weight is 248 g/mol. The molecule has 0 aliphatic rings. The van der Waals surface area contributed by atoms with Gasteiger partial charge in [-0.3, -0.25) is 4.79 Å². The molecule has 1 amide bonds. The zero-order valence-electron chi connectivity index (χ0n) is 10.9. The molecular weight excluding hydrogens is 222 g/mol. The summed E-state index contributed by atoms with van der Waals surface area (Å²) in [7, 11) is 0. The van der Waals surface area contributed by atoms with Gasteiger partial charge in [0.25, 0.3) is 0 Å². The molecule has 3 heteroatoms. The first kappa shape index (κ1) is 15.8. The van der Waals surface area contributed by atoms with Gasteiger partial charge < -0.3 is 5.32 Å². The van der Waals surface area contributed by atoms with Gasteiger partial charge in [-0.05, 0) is 18.8 Å². The van der Waals surface area contributed by atoms with Crippen molar-refractivity contribution < 1.29 is 4.79 Å². The van der Waals surface area contributed by atoms with Gasteiger partial charge in [-0.15, -0.1) is 11.6 Å². The van der Waals surface area contributed by atoms with Crippen molar-refractivity contribution in [2.24, 2.45) is 5.92 Å². The van der Waals surface area contributed by atoms with E-state index in [0.717, 1.165) is 19.3 Å². The molecule has 0 aromatic heterocycles. The van der Waals surface area contributed by atoms with Crippen LogP contribution < -0.4 is 5.32 Å². The predicted octanol–water partition coefficient (Wildman–Crippen LogP) is 3.73. The SMILES string of the molecule is CCCCCCC(=O)NCC(Cl)CC(C)C. The molecule has 1 unspecified atom stereocenters. The second-order valence-electron chi connectivity index (χ2n) is 4.84.